The Morgan fingerprint density at radius 1 is 0.932 bits per heavy atom. The highest BCUT2D eigenvalue weighted by Gasteiger charge is 2.46. The molecule has 4 aliphatic rings. The van der Waals surface area contributed by atoms with Crippen LogP contribution in [0.5, 0.6) is 11.8 Å². The van der Waals surface area contributed by atoms with Crippen LogP contribution in [0.25, 0.3) is 32.9 Å². The number of likely N-dealkylation sites (tertiary alicyclic amines) is 1. The van der Waals surface area contributed by atoms with Gasteiger partial charge in [0.15, 0.2) is 12.1 Å². The molecule has 2 bridgehead atoms. The van der Waals surface area contributed by atoms with Crippen molar-refractivity contribution in [1.82, 2.24) is 24.8 Å². The van der Waals surface area contributed by atoms with Crippen LogP contribution in [0.2, 0.25) is 16.6 Å². The molecule has 6 heterocycles. The molecule has 0 radical (unpaired) electrons. The van der Waals surface area contributed by atoms with Crippen molar-refractivity contribution >= 4 is 47.6 Å². The van der Waals surface area contributed by atoms with Crippen molar-refractivity contribution in [2.24, 2.45) is 0 Å². The van der Waals surface area contributed by atoms with Gasteiger partial charge in [-0.2, -0.15) is 9.97 Å². The minimum Gasteiger partial charge on any atom is -0.481 e. The maximum atomic E-state index is 18.2. The van der Waals surface area contributed by atoms with E-state index in [4.69, 9.17) is 43.7 Å². The van der Waals surface area contributed by atoms with Crippen LogP contribution in [-0.4, -0.2) is 133 Å². The topological polar surface area (TPSA) is 149 Å². The lowest BCUT2D eigenvalue weighted by molar-refractivity contribution is -0.137. The molecule has 0 spiro atoms. The van der Waals surface area contributed by atoms with Crippen LogP contribution in [0.1, 0.15) is 132 Å². The monoisotopic (exact) mass is 1030 g/mol. The zero-order chi connectivity index (χ0) is 52.2. The van der Waals surface area contributed by atoms with E-state index in [-0.39, 0.29) is 60.0 Å². The number of carboxylic acid groups (broad SMARTS) is 1. The highest BCUT2D eigenvalue weighted by molar-refractivity contribution is 6.90. The fraction of sp³-hybridized carbons (Fsp3) is 0.625. The molecule has 2 aromatic carbocycles. The molecule has 4 aliphatic heterocycles. The average molecular weight is 1030 g/mol. The number of carbonyl (C=O) groups excluding carboxylic acids is 1. The van der Waals surface area contributed by atoms with E-state index in [0.717, 1.165) is 58.0 Å². The van der Waals surface area contributed by atoms with Crippen LogP contribution in [0.3, 0.4) is 0 Å². The van der Waals surface area contributed by atoms with Gasteiger partial charge in [0.25, 0.3) is 0 Å². The molecule has 3 unspecified atom stereocenters. The zero-order valence-corrected chi connectivity index (χ0v) is 45.4. The highest BCUT2D eigenvalue weighted by atomic mass is 28.3. The molecule has 73 heavy (non-hydrogen) atoms. The Hall–Kier alpha value is -5.15. The molecule has 4 fully saturated rings. The van der Waals surface area contributed by atoms with Crippen molar-refractivity contribution in [3.63, 3.8) is 0 Å². The SMILES string of the molecule is CC(C)[Si](C#Cc1c(F)ccc2cc(OC3CCCCO3)cc(-c3ncc4c(N5CC6CCC(C5)N6C(=O)OC(C)(C)C)nc(OC[C@@H]5CCCN5CCCOCCCC(=O)O)nc4c3F)c12)(C(C)C)C(C)C. The summed E-state index contributed by atoms with van der Waals surface area (Å²) in [6.07, 6.45) is 8.10. The van der Waals surface area contributed by atoms with Gasteiger partial charge in [0.05, 0.1) is 29.6 Å². The number of carboxylic acids is 1. The number of benzene rings is 2. The van der Waals surface area contributed by atoms with Crippen LogP contribution in [0.15, 0.2) is 30.5 Å². The van der Waals surface area contributed by atoms with E-state index in [1.807, 2.05) is 31.7 Å². The van der Waals surface area contributed by atoms with Gasteiger partial charge < -0.3 is 33.7 Å². The second-order valence-electron chi connectivity index (χ2n) is 22.3. The minimum absolute atomic E-state index is 0.000198. The van der Waals surface area contributed by atoms with Crippen LogP contribution in [0, 0.1) is 23.1 Å². The molecular weight excluding hydrogens is 951 g/mol. The molecule has 1 N–H and O–H groups in total. The lowest BCUT2D eigenvalue weighted by Gasteiger charge is -2.42. The van der Waals surface area contributed by atoms with Crippen molar-refractivity contribution in [3.05, 3.63) is 47.7 Å². The number of rotatable bonds is 18. The summed E-state index contributed by atoms with van der Waals surface area (Å²) < 4.78 is 65.3. The van der Waals surface area contributed by atoms with Gasteiger partial charge in [-0.25, -0.2) is 13.6 Å². The lowest BCUT2D eigenvalue weighted by Crippen LogP contribution is -2.57. The minimum atomic E-state index is -2.35. The summed E-state index contributed by atoms with van der Waals surface area (Å²) in [5.74, 6) is 2.21. The van der Waals surface area contributed by atoms with Crippen molar-refractivity contribution < 1.29 is 47.2 Å². The van der Waals surface area contributed by atoms with E-state index >= 15 is 8.78 Å². The number of ether oxygens (including phenoxy) is 5. The van der Waals surface area contributed by atoms with Gasteiger partial charge in [-0.05, 0) is 119 Å². The molecule has 396 valence electrons. The third-order valence-electron chi connectivity index (χ3n) is 15.3. The Morgan fingerprint density at radius 2 is 1.66 bits per heavy atom. The Bertz CT molecular complexity index is 2650. The molecule has 0 saturated carbocycles. The second kappa shape index (κ2) is 23.2. The number of nitrogens with zero attached hydrogens (tertiary/aromatic N) is 6. The highest BCUT2D eigenvalue weighted by Crippen LogP contribution is 2.44. The summed E-state index contributed by atoms with van der Waals surface area (Å²) in [7, 11) is -2.35. The number of aromatic nitrogens is 3. The summed E-state index contributed by atoms with van der Waals surface area (Å²) in [5, 5.41) is 10.4. The third kappa shape index (κ3) is 12.2. The molecule has 0 aliphatic carbocycles. The second-order valence-corrected chi connectivity index (χ2v) is 27.9. The summed E-state index contributed by atoms with van der Waals surface area (Å²) in [5.41, 5.74) is 4.41. The first-order valence-corrected chi connectivity index (χ1v) is 28.9. The van der Waals surface area contributed by atoms with Crippen LogP contribution in [0.4, 0.5) is 19.4 Å². The molecule has 1 amide bonds. The summed E-state index contributed by atoms with van der Waals surface area (Å²) in [6, 6.07) is 6.43. The Labute approximate surface area is 430 Å². The van der Waals surface area contributed by atoms with Gasteiger partial charge in [0.2, 0.25) is 0 Å². The molecule has 4 atom stereocenters. The molecule has 4 saturated heterocycles. The smallest absolute Gasteiger partial charge is 0.410 e. The first-order valence-electron chi connectivity index (χ1n) is 26.7. The largest absolute Gasteiger partial charge is 0.481 e. The zero-order valence-electron chi connectivity index (χ0n) is 44.4. The van der Waals surface area contributed by atoms with Crippen LogP contribution in [-0.2, 0) is 19.0 Å². The number of anilines is 1. The van der Waals surface area contributed by atoms with E-state index in [2.05, 4.69) is 62.8 Å². The van der Waals surface area contributed by atoms with Gasteiger partial charge in [-0.1, -0.05) is 53.5 Å². The number of amides is 1. The number of halogens is 2. The van der Waals surface area contributed by atoms with Crippen molar-refractivity contribution in [2.45, 2.75) is 173 Å². The Morgan fingerprint density at radius 3 is 2.33 bits per heavy atom. The number of hydrogen-bond acceptors (Lipinski definition) is 12. The molecule has 14 nitrogen and oxygen atoms in total. The fourth-order valence-corrected chi connectivity index (χ4v) is 17.1. The standard InChI is InChI=1S/C56H76F2N6O8Si/c1-35(2)73(36(3)4,37(5)6)28-22-43-46(57)21-18-38-29-42(71-48-17-10-11-27-69-48)30-44(49(38)43)51-50(58)52-45(31-59-51)53(63-32-39-19-20-40(33-63)64(39)55(67)72-56(7,8)9)61-54(60-52)70-34-41-15-12-23-62(41)24-14-26-68-25-13-16-47(65)66/h18,21,29-31,35-37,39-41,48H,10-17,19-20,23-27,32-34H2,1-9H3,(H,65,66)/t39?,40?,41-,48?/m0/s1. The first kappa shape index (κ1) is 54.1. The van der Waals surface area contributed by atoms with Crippen molar-refractivity contribution in [3.8, 4) is 34.5 Å². The Kier molecular flexibility index (Phi) is 17.2. The van der Waals surface area contributed by atoms with Gasteiger partial charge in [-0.3, -0.25) is 19.6 Å². The lowest BCUT2D eigenvalue weighted by atomic mass is 9.95. The Balaban J connectivity index is 1.21. The van der Waals surface area contributed by atoms with Crippen molar-refractivity contribution in [1.29, 1.82) is 0 Å². The molecule has 4 aromatic rings. The van der Waals surface area contributed by atoms with Gasteiger partial charge in [0.1, 0.15) is 48.9 Å². The van der Waals surface area contributed by atoms with E-state index in [0.29, 0.717) is 95.7 Å². The van der Waals surface area contributed by atoms with E-state index < -0.39 is 37.6 Å². The summed E-state index contributed by atoms with van der Waals surface area (Å²) >= 11 is 0. The number of pyridine rings is 1. The first-order chi connectivity index (χ1) is 34.8. The number of carbonyl (C=O) groups is 2. The maximum Gasteiger partial charge on any atom is 0.410 e. The van der Waals surface area contributed by atoms with Crippen LogP contribution < -0.4 is 14.4 Å². The van der Waals surface area contributed by atoms with E-state index in [1.54, 1.807) is 18.3 Å². The van der Waals surface area contributed by atoms with Gasteiger partial charge in [0, 0.05) is 68.9 Å². The quantitative estimate of drug-likeness (QED) is 0.0573. The predicted octanol–water partition coefficient (Wildman–Crippen LogP) is 11.3. The number of hydrogen-bond donors (Lipinski definition) is 1. The number of piperazine rings is 1. The molecule has 2 aromatic heterocycles. The average Bonchev–Trinajstić information content (AvgIpc) is 3.90. The number of aliphatic carboxylic acids is 1. The third-order valence-corrected chi connectivity index (χ3v) is 21.6. The summed E-state index contributed by atoms with van der Waals surface area (Å²) in [6.45, 7) is 23.2. The van der Waals surface area contributed by atoms with E-state index in [1.165, 1.54) is 6.07 Å². The normalized spacial score (nSPS) is 20.6. The summed E-state index contributed by atoms with van der Waals surface area (Å²) in [4.78, 5) is 45.5. The fourth-order valence-electron chi connectivity index (χ4n) is 11.9. The number of fused-ring (bicyclic) bond motifs is 4. The van der Waals surface area contributed by atoms with Crippen molar-refractivity contribution in [2.75, 3.05) is 57.5 Å². The van der Waals surface area contributed by atoms with Crippen LogP contribution >= 0.6 is 0 Å². The van der Waals surface area contributed by atoms with E-state index in [9.17, 15) is 9.59 Å². The predicted molar refractivity (Wildman–Crippen MR) is 282 cm³/mol. The maximum absolute atomic E-state index is 18.2. The van der Waals surface area contributed by atoms with Gasteiger partial charge >= 0.3 is 18.1 Å². The molecule has 8 rings (SSSR count). The van der Waals surface area contributed by atoms with Gasteiger partial charge in [-0.15, -0.1) is 5.54 Å². The molecular formula is C56H76F2N6O8Si. The molecule has 17 heteroatoms.